The Balaban J connectivity index is -0.0000000150. The van der Waals surface area contributed by atoms with Crippen LogP contribution in [0.2, 0.25) is 0 Å². The van der Waals surface area contributed by atoms with E-state index in [9.17, 15) is 0 Å². The van der Waals surface area contributed by atoms with Crippen molar-refractivity contribution < 1.29 is 32.7 Å². The Morgan fingerprint density at radius 1 is 0.857 bits per heavy atom. The summed E-state index contributed by atoms with van der Waals surface area (Å²) in [7, 11) is 0. The van der Waals surface area contributed by atoms with Crippen LogP contribution in [0, 0.1) is 0 Å². The van der Waals surface area contributed by atoms with Gasteiger partial charge in [-0.25, -0.2) is 0 Å². The van der Waals surface area contributed by atoms with Gasteiger partial charge < -0.3 is 22.4 Å². The number of hydrogen-bond acceptors (Lipinski definition) is 2. The van der Waals surface area contributed by atoms with Gasteiger partial charge in [-0.05, 0) is 0 Å². The molecule has 42 valence electrons. The van der Waals surface area contributed by atoms with E-state index < -0.39 is 0 Å². The van der Waals surface area contributed by atoms with Gasteiger partial charge >= 0.3 is 21.7 Å². The van der Waals surface area contributed by atoms with Crippen molar-refractivity contribution in [2.24, 2.45) is 11.5 Å². The fourth-order valence-corrected chi connectivity index (χ4v) is 0. The largest absolute Gasteiger partial charge is 4.00 e. The molecule has 0 rings (SSSR count). The van der Waals surface area contributed by atoms with E-state index in [2.05, 4.69) is 0 Å². The van der Waals surface area contributed by atoms with E-state index in [1.807, 2.05) is 0 Å². The zero-order chi connectivity index (χ0) is 3.41. The standard InChI is InChI=1S/C2H8N2.2O.Ti/c3-1-2-4;;;/h1-4H2;;;/q;2*-2;+4. The van der Waals surface area contributed by atoms with Crippen LogP contribution < -0.4 is 11.5 Å². The molecule has 7 heavy (non-hydrogen) atoms. The Morgan fingerprint density at radius 3 is 1.00 bits per heavy atom. The average Bonchev–Trinajstić information content (AvgIpc) is 1.37. The molecule has 0 aliphatic heterocycles. The smallest absolute Gasteiger partial charge is 2.00 e. The Morgan fingerprint density at radius 2 is 1.00 bits per heavy atom. The van der Waals surface area contributed by atoms with Crippen LogP contribution in [0.1, 0.15) is 0 Å². The Hall–Kier alpha value is 0.554. The number of hydrogen-bond donors (Lipinski definition) is 2. The summed E-state index contributed by atoms with van der Waals surface area (Å²) >= 11 is 0. The molecule has 0 aromatic rings. The third kappa shape index (κ3) is 56.3. The third-order valence-electron chi connectivity index (χ3n) is 0.167. The van der Waals surface area contributed by atoms with Gasteiger partial charge in [-0.2, -0.15) is 0 Å². The molecule has 0 bridgehead atoms. The van der Waals surface area contributed by atoms with Crippen LogP contribution in [0.3, 0.4) is 0 Å². The number of nitrogens with two attached hydrogens (primary N) is 2. The molecule has 0 aromatic heterocycles. The van der Waals surface area contributed by atoms with Crippen molar-refractivity contribution in [1.29, 1.82) is 0 Å². The molecular formula is C2H8N2O2Ti. The normalized spacial score (nSPS) is 4.29. The van der Waals surface area contributed by atoms with E-state index in [4.69, 9.17) is 11.5 Å². The first-order valence-electron chi connectivity index (χ1n) is 1.32. The van der Waals surface area contributed by atoms with E-state index in [0.29, 0.717) is 13.1 Å². The maximum Gasteiger partial charge on any atom is 4.00 e. The second-order valence-corrected chi connectivity index (χ2v) is 0.577. The minimum absolute atomic E-state index is 0. The fourth-order valence-electron chi connectivity index (χ4n) is 0. The second-order valence-electron chi connectivity index (χ2n) is 0.577. The summed E-state index contributed by atoms with van der Waals surface area (Å²) in [4.78, 5) is 0. The molecule has 0 heterocycles. The summed E-state index contributed by atoms with van der Waals surface area (Å²) in [5, 5.41) is 0. The summed E-state index contributed by atoms with van der Waals surface area (Å²) < 4.78 is 0. The van der Waals surface area contributed by atoms with Gasteiger partial charge in [0.2, 0.25) is 0 Å². The molecule has 0 saturated carbocycles. The maximum absolute atomic E-state index is 4.90. The van der Waals surface area contributed by atoms with Crippen molar-refractivity contribution in [3.63, 3.8) is 0 Å². The topological polar surface area (TPSA) is 109 Å². The van der Waals surface area contributed by atoms with Crippen LogP contribution in [-0.2, 0) is 32.7 Å². The van der Waals surface area contributed by atoms with Crippen molar-refractivity contribution in [3.05, 3.63) is 0 Å². The summed E-state index contributed by atoms with van der Waals surface area (Å²) in [6.07, 6.45) is 0. The molecule has 0 aliphatic rings. The van der Waals surface area contributed by atoms with Crippen LogP contribution in [0.15, 0.2) is 0 Å². The molecular weight excluding hydrogens is 132 g/mol. The van der Waals surface area contributed by atoms with Crippen molar-refractivity contribution >= 4 is 0 Å². The van der Waals surface area contributed by atoms with Gasteiger partial charge in [-0.1, -0.05) is 0 Å². The van der Waals surface area contributed by atoms with Crippen LogP contribution in [-0.4, -0.2) is 13.1 Å². The maximum atomic E-state index is 4.90. The summed E-state index contributed by atoms with van der Waals surface area (Å²) in [6.45, 7) is 1.19. The van der Waals surface area contributed by atoms with Gasteiger partial charge in [0.25, 0.3) is 0 Å². The first-order valence-corrected chi connectivity index (χ1v) is 1.32. The van der Waals surface area contributed by atoms with Gasteiger partial charge in [0.05, 0.1) is 0 Å². The molecule has 4 N–H and O–H groups in total. The van der Waals surface area contributed by atoms with Gasteiger partial charge in [0.1, 0.15) is 0 Å². The molecule has 0 spiro atoms. The molecule has 0 amide bonds. The molecule has 0 fully saturated rings. The van der Waals surface area contributed by atoms with E-state index in [0.717, 1.165) is 0 Å². The average molecular weight is 140 g/mol. The molecule has 0 radical (unpaired) electrons. The molecule has 0 unspecified atom stereocenters. The number of rotatable bonds is 1. The quantitative estimate of drug-likeness (QED) is 0.439. The van der Waals surface area contributed by atoms with Crippen molar-refractivity contribution in [2.75, 3.05) is 13.1 Å². The molecule has 4 nitrogen and oxygen atoms in total. The van der Waals surface area contributed by atoms with Crippen LogP contribution in [0.5, 0.6) is 0 Å². The van der Waals surface area contributed by atoms with E-state index in [1.54, 1.807) is 0 Å². The first-order chi connectivity index (χ1) is 1.91. The van der Waals surface area contributed by atoms with Crippen LogP contribution in [0.25, 0.3) is 0 Å². The van der Waals surface area contributed by atoms with Gasteiger partial charge in [-0.3, -0.25) is 0 Å². The predicted octanol–water partition coefficient (Wildman–Crippen LogP) is -1.34. The zero-order valence-corrected chi connectivity index (χ0v) is 5.45. The summed E-state index contributed by atoms with van der Waals surface area (Å²) in [5.74, 6) is 0. The van der Waals surface area contributed by atoms with E-state index >= 15 is 0 Å². The molecule has 5 heteroatoms. The van der Waals surface area contributed by atoms with Crippen molar-refractivity contribution in [2.45, 2.75) is 0 Å². The monoisotopic (exact) mass is 140 g/mol. The Bertz CT molecular complexity index is 15.7. The molecule has 0 saturated heterocycles. The van der Waals surface area contributed by atoms with Gasteiger partial charge in [0.15, 0.2) is 0 Å². The zero-order valence-electron chi connectivity index (χ0n) is 3.89. The predicted molar refractivity (Wildman–Crippen MR) is 19.5 cm³/mol. The minimum atomic E-state index is 0. The molecule has 0 aliphatic carbocycles. The second kappa shape index (κ2) is 31.0. The van der Waals surface area contributed by atoms with Gasteiger partial charge in [-0.15, -0.1) is 0 Å². The van der Waals surface area contributed by atoms with Crippen LogP contribution in [0.4, 0.5) is 0 Å². The molecule has 0 aromatic carbocycles. The Kier molecular flexibility index (Phi) is 114. The van der Waals surface area contributed by atoms with Crippen LogP contribution >= 0.6 is 0 Å². The molecule has 0 atom stereocenters. The summed E-state index contributed by atoms with van der Waals surface area (Å²) in [5.41, 5.74) is 9.81. The van der Waals surface area contributed by atoms with E-state index in [-0.39, 0.29) is 32.7 Å². The SMILES string of the molecule is NCCN.[O-2].[O-2].[Ti+4]. The van der Waals surface area contributed by atoms with Crippen molar-refractivity contribution in [3.8, 4) is 0 Å². The van der Waals surface area contributed by atoms with E-state index in [1.165, 1.54) is 0 Å². The first kappa shape index (κ1) is 25.7. The Labute approximate surface area is 57.8 Å². The van der Waals surface area contributed by atoms with Crippen molar-refractivity contribution in [1.82, 2.24) is 0 Å². The fraction of sp³-hybridized carbons (Fsp3) is 1.00. The third-order valence-corrected chi connectivity index (χ3v) is 0.167. The minimum Gasteiger partial charge on any atom is -2.00 e. The summed E-state index contributed by atoms with van der Waals surface area (Å²) in [6, 6.07) is 0. The van der Waals surface area contributed by atoms with Gasteiger partial charge in [0, 0.05) is 13.1 Å².